The summed E-state index contributed by atoms with van der Waals surface area (Å²) in [6, 6.07) is 0. The Labute approximate surface area is 103 Å². The van der Waals surface area contributed by atoms with Crippen molar-refractivity contribution in [3.8, 4) is 0 Å². The highest BCUT2D eigenvalue weighted by molar-refractivity contribution is 5.38. The number of hydrogen-bond donors (Lipinski definition) is 1. The second-order valence-corrected chi connectivity index (χ2v) is 4.91. The van der Waals surface area contributed by atoms with Crippen LogP contribution in [0.1, 0.15) is 24.2 Å². The Hall–Kier alpha value is -1.16. The summed E-state index contributed by atoms with van der Waals surface area (Å²) >= 11 is 0. The fraction of sp³-hybridized carbons (Fsp3) is 0.692. The highest BCUT2D eigenvalue weighted by atomic mass is 15.2. The Morgan fingerprint density at radius 1 is 1.41 bits per heavy atom. The van der Waals surface area contributed by atoms with Crippen molar-refractivity contribution in [2.45, 2.75) is 26.7 Å². The number of rotatable bonds is 3. The predicted octanol–water partition coefficient (Wildman–Crippen LogP) is 1.53. The van der Waals surface area contributed by atoms with E-state index in [0.29, 0.717) is 0 Å². The Balaban J connectivity index is 2.08. The number of aryl methyl sites for hydroxylation is 2. The number of anilines is 1. The van der Waals surface area contributed by atoms with E-state index >= 15 is 0 Å². The number of nitrogens with zero attached hydrogens (tertiary/aromatic N) is 3. The van der Waals surface area contributed by atoms with Gasteiger partial charge in [0.1, 0.15) is 5.82 Å². The molecule has 0 aromatic carbocycles. The Kier molecular flexibility index (Phi) is 3.94. The van der Waals surface area contributed by atoms with E-state index in [1.165, 1.54) is 12.8 Å². The average molecular weight is 234 g/mol. The van der Waals surface area contributed by atoms with Crippen molar-refractivity contribution >= 4 is 5.82 Å². The molecule has 0 amide bonds. The number of hydrogen-bond acceptors (Lipinski definition) is 4. The van der Waals surface area contributed by atoms with Crippen LogP contribution in [-0.4, -0.2) is 36.6 Å². The van der Waals surface area contributed by atoms with Crippen molar-refractivity contribution in [2.24, 2.45) is 5.92 Å². The molecule has 0 radical (unpaired) electrons. The first kappa shape index (κ1) is 12.3. The number of nitrogens with one attached hydrogen (secondary N) is 1. The van der Waals surface area contributed by atoms with E-state index in [2.05, 4.69) is 20.2 Å². The third-order valence-corrected chi connectivity index (χ3v) is 3.52. The quantitative estimate of drug-likeness (QED) is 0.861. The van der Waals surface area contributed by atoms with Crippen LogP contribution in [0.15, 0.2) is 6.20 Å². The van der Waals surface area contributed by atoms with E-state index in [1.54, 1.807) is 0 Å². The van der Waals surface area contributed by atoms with E-state index in [-0.39, 0.29) is 0 Å². The summed E-state index contributed by atoms with van der Waals surface area (Å²) in [5.74, 6) is 1.77. The summed E-state index contributed by atoms with van der Waals surface area (Å²) in [6.45, 7) is 7.33. The standard InChI is InChI=1S/C13H22N4/c1-10-11(2)16-13(8-15-10)17-6-4-5-12(9-17)7-14-3/h8,12,14H,4-7,9H2,1-3H3. The van der Waals surface area contributed by atoms with Gasteiger partial charge in [-0.3, -0.25) is 4.98 Å². The monoisotopic (exact) mass is 234 g/mol. The molecule has 1 N–H and O–H groups in total. The topological polar surface area (TPSA) is 41.0 Å². The van der Waals surface area contributed by atoms with E-state index in [4.69, 9.17) is 0 Å². The first-order valence-electron chi connectivity index (χ1n) is 6.40. The van der Waals surface area contributed by atoms with Gasteiger partial charge in [-0.2, -0.15) is 0 Å². The molecule has 1 fully saturated rings. The van der Waals surface area contributed by atoms with Gasteiger partial charge in [0.05, 0.1) is 17.6 Å². The lowest BCUT2D eigenvalue weighted by atomic mass is 9.98. The molecular weight excluding hydrogens is 212 g/mol. The van der Waals surface area contributed by atoms with Crippen LogP contribution in [0.25, 0.3) is 0 Å². The lowest BCUT2D eigenvalue weighted by Gasteiger charge is -2.33. The van der Waals surface area contributed by atoms with Crippen LogP contribution >= 0.6 is 0 Å². The molecule has 94 valence electrons. The van der Waals surface area contributed by atoms with Gasteiger partial charge in [-0.15, -0.1) is 0 Å². The van der Waals surface area contributed by atoms with Gasteiger partial charge in [0.15, 0.2) is 0 Å². The van der Waals surface area contributed by atoms with Gasteiger partial charge < -0.3 is 10.2 Å². The van der Waals surface area contributed by atoms with Crippen LogP contribution in [0.2, 0.25) is 0 Å². The van der Waals surface area contributed by atoms with Gasteiger partial charge in [-0.25, -0.2) is 4.98 Å². The molecule has 2 rings (SSSR count). The van der Waals surface area contributed by atoms with Crippen molar-refractivity contribution in [2.75, 3.05) is 31.6 Å². The van der Waals surface area contributed by atoms with Crippen LogP contribution in [0.4, 0.5) is 5.82 Å². The summed E-state index contributed by atoms with van der Waals surface area (Å²) in [5.41, 5.74) is 2.07. The van der Waals surface area contributed by atoms with Gasteiger partial charge in [-0.1, -0.05) is 0 Å². The van der Waals surface area contributed by atoms with E-state index in [1.807, 2.05) is 27.1 Å². The number of piperidine rings is 1. The maximum Gasteiger partial charge on any atom is 0.147 e. The van der Waals surface area contributed by atoms with Crippen LogP contribution in [-0.2, 0) is 0 Å². The highest BCUT2D eigenvalue weighted by Gasteiger charge is 2.20. The minimum absolute atomic E-state index is 0.733. The normalized spacial score (nSPS) is 20.6. The molecule has 1 aliphatic rings. The summed E-state index contributed by atoms with van der Waals surface area (Å²) < 4.78 is 0. The predicted molar refractivity (Wildman–Crippen MR) is 70.4 cm³/mol. The van der Waals surface area contributed by atoms with Crippen molar-refractivity contribution < 1.29 is 0 Å². The van der Waals surface area contributed by atoms with E-state index in [0.717, 1.165) is 42.8 Å². The Morgan fingerprint density at radius 3 is 2.94 bits per heavy atom. The lowest BCUT2D eigenvalue weighted by Crippen LogP contribution is -2.39. The summed E-state index contributed by atoms with van der Waals surface area (Å²) in [4.78, 5) is 11.4. The van der Waals surface area contributed by atoms with E-state index in [9.17, 15) is 0 Å². The van der Waals surface area contributed by atoms with Crippen LogP contribution in [0, 0.1) is 19.8 Å². The second kappa shape index (κ2) is 5.45. The first-order valence-corrected chi connectivity index (χ1v) is 6.40. The van der Waals surface area contributed by atoms with E-state index < -0.39 is 0 Å². The maximum absolute atomic E-state index is 4.63. The maximum atomic E-state index is 4.63. The molecule has 0 bridgehead atoms. The number of aromatic nitrogens is 2. The molecule has 2 heterocycles. The smallest absolute Gasteiger partial charge is 0.147 e. The van der Waals surface area contributed by atoms with Crippen molar-refractivity contribution in [1.29, 1.82) is 0 Å². The lowest BCUT2D eigenvalue weighted by molar-refractivity contribution is 0.401. The molecule has 4 heteroatoms. The average Bonchev–Trinajstić information content (AvgIpc) is 2.33. The molecule has 1 aliphatic heterocycles. The molecule has 0 aliphatic carbocycles. The second-order valence-electron chi connectivity index (χ2n) is 4.91. The first-order chi connectivity index (χ1) is 8.20. The molecule has 1 aromatic rings. The van der Waals surface area contributed by atoms with Gasteiger partial charge in [0.2, 0.25) is 0 Å². The molecule has 1 aromatic heterocycles. The summed E-state index contributed by atoms with van der Waals surface area (Å²) in [7, 11) is 2.02. The minimum atomic E-state index is 0.733. The molecule has 0 saturated carbocycles. The van der Waals surface area contributed by atoms with Gasteiger partial charge in [0.25, 0.3) is 0 Å². The SMILES string of the molecule is CNCC1CCCN(c2cnc(C)c(C)n2)C1. The van der Waals surface area contributed by atoms with Gasteiger partial charge in [-0.05, 0) is 46.2 Å². The zero-order valence-corrected chi connectivity index (χ0v) is 11.0. The van der Waals surface area contributed by atoms with Crippen molar-refractivity contribution in [3.63, 3.8) is 0 Å². The minimum Gasteiger partial charge on any atom is -0.355 e. The fourth-order valence-corrected chi connectivity index (χ4v) is 2.41. The zero-order chi connectivity index (χ0) is 12.3. The third-order valence-electron chi connectivity index (χ3n) is 3.52. The molecule has 1 atom stereocenters. The van der Waals surface area contributed by atoms with Crippen LogP contribution in [0.3, 0.4) is 0 Å². The molecular formula is C13H22N4. The Bertz CT molecular complexity index is 376. The van der Waals surface area contributed by atoms with Gasteiger partial charge >= 0.3 is 0 Å². The van der Waals surface area contributed by atoms with Crippen LogP contribution < -0.4 is 10.2 Å². The molecule has 17 heavy (non-hydrogen) atoms. The van der Waals surface area contributed by atoms with Gasteiger partial charge in [0, 0.05) is 13.1 Å². The summed E-state index contributed by atoms with van der Waals surface area (Å²) in [5, 5.41) is 3.27. The van der Waals surface area contributed by atoms with Crippen molar-refractivity contribution in [1.82, 2.24) is 15.3 Å². The fourth-order valence-electron chi connectivity index (χ4n) is 2.41. The molecule has 1 saturated heterocycles. The zero-order valence-electron chi connectivity index (χ0n) is 11.0. The van der Waals surface area contributed by atoms with Crippen LogP contribution in [0.5, 0.6) is 0 Å². The molecule has 1 unspecified atom stereocenters. The third kappa shape index (κ3) is 2.94. The largest absolute Gasteiger partial charge is 0.355 e. The molecule has 4 nitrogen and oxygen atoms in total. The van der Waals surface area contributed by atoms with Crippen molar-refractivity contribution in [3.05, 3.63) is 17.6 Å². The highest BCUT2D eigenvalue weighted by Crippen LogP contribution is 2.21. The summed E-state index contributed by atoms with van der Waals surface area (Å²) in [6.07, 6.45) is 4.47. The molecule has 0 spiro atoms. The Morgan fingerprint density at radius 2 is 2.24 bits per heavy atom.